The van der Waals surface area contributed by atoms with Crippen LogP contribution in [0.5, 0.6) is 11.5 Å². The molecule has 0 heterocycles. The van der Waals surface area contributed by atoms with E-state index in [2.05, 4.69) is 26.5 Å². The third kappa shape index (κ3) is 4.30. The van der Waals surface area contributed by atoms with Gasteiger partial charge >= 0.3 is 0 Å². The van der Waals surface area contributed by atoms with Gasteiger partial charge in [-0.3, -0.25) is 4.79 Å². The van der Waals surface area contributed by atoms with E-state index in [9.17, 15) is 4.79 Å². The van der Waals surface area contributed by atoms with Gasteiger partial charge < -0.3 is 9.47 Å². The lowest BCUT2D eigenvalue weighted by Crippen LogP contribution is -2.22. The van der Waals surface area contributed by atoms with Gasteiger partial charge in [-0.15, -0.1) is 0 Å². The molecule has 0 bridgehead atoms. The first-order valence-corrected chi connectivity index (χ1v) is 9.05. The molecule has 1 amide bonds. The molecule has 136 valence electrons. The van der Waals surface area contributed by atoms with Crippen molar-refractivity contribution >= 4 is 51.3 Å². The Hall–Kier alpha value is -1.24. The molecule has 0 aromatic heterocycles. The molecule has 1 aliphatic carbocycles. The lowest BCUT2D eigenvalue weighted by molar-refractivity contribution is -0.123. The maximum Gasteiger partial charge on any atom is 0.244 e. The number of amides is 1. The third-order valence-corrected chi connectivity index (χ3v) is 5.48. The number of allylic oxidation sites excluding steroid dienone is 1. The van der Waals surface area contributed by atoms with Crippen LogP contribution in [-0.2, 0) is 4.79 Å². The molecule has 0 unspecified atom stereocenters. The Bertz CT molecular complexity index is 731. The van der Waals surface area contributed by atoms with E-state index < -0.39 is 0 Å². The van der Waals surface area contributed by atoms with Gasteiger partial charge in [-0.1, -0.05) is 37.0 Å². The monoisotopic (exact) mass is 448 g/mol. The number of methoxy groups -OCH3 is 2. The van der Waals surface area contributed by atoms with E-state index in [0.717, 1.165) is 0 Å². The Labute approximate surface area is 165 Å². The summed E-state index contributed by atoms with van der Waals surface area (Å²) in [5.74, 6) is 0.819. The predicted molar refractivity (Wildman–Crippen MR) is 104 cm³/mol. The molecule has 0 saturated heterocycles. The molecule has 2 rings (SSSR count). The molecule has 1 saturated carbocycles. The van der Waals surface area contributed by atoms with E-state index in [0.29, 0.717) is 21.5 Å². The van der Waals surface area contributed by atoms with Crippen molar-refractivity contribution in [1.82, 2.24) is 5.43 Å². The Morgan fingerprint density at radius 1 is 1.28 bits per heavy atom. The highest BCUT2D eigenvalue weighted by molar-refractivity contribution is 9.10. The summed E-state index contributed by atoms with van der Waals surface area (Å²) >= 11 is 14.9. The summed E-state index contributed by atoms with van der Waals surface area (Å²) in [5.41, 5.74) is 3.02. The number of nitrogens with one attached hydrogen (secondary N) is 1. The highest BCUT2D eigenvalue weighted by atomic mass is 79.9. The van der Waals surface area contributed by atoms with Crippen LogP contribution in [0.2, 0.25) is 0 Å². The maximum absolute atomic E-state index is 12.4. The first kappa shape index (κ1) is 20.1. The number of carbonyl (C=O) groups excluding carboxylic acids is 1. The molecule has 1 aliphatic rings. The van der Waals surface area contributed by atoms with Gasteiger partial charge in [0, 0.05) is 0 Å². The zero-order valence-corrected chi connectivity index (χ0v) is 17.4. The maximum atomic E-state index is 12.4. The minimum absolute atomic E-state index is 0.00853. The molecule has 1 aromatic rings. The molecular weight excluding hydrogens is 431 g/mol. The average Bonchev–Trinajstić information content (AvgIpc) is 3.08. The van der Waals surface area contributed by atoms with Crippen molar-refractivity contribution in [1.29, 1.82) is 0 Å². The minimum Gasteiger partial charge on any atom is -0.496 e. The van der Waals surface area contributed by atoms with Crippen LogP contribution in [0.15, 0.2) is 32.3 Å². The smallest absolute Gasteiger partial charge is 0.244 e. The number of ether oxygens (including phenoxy) is 2. The molecule has 8 heteroatoms. The van der Waals surface area contributed by atoms with Gasteiger partial charge in [-0.25, -0.2) is 5.43 Å². The van der Waals surface area contributed by atoms with E-state index in [-0.39, 0.29) is 27.6 Å². The number of hydrogen-bond donors (Lipinski definition) is 1. The molecule has 0 radical (unpaired) electrons. The van der Waals surface area contributed by atoms with Gasteiger partial charge in [0.2, 0.25) is 5.91 Å². The molecular formula is C17H19BrCl2N2O3. The van der Waals surface area contributed by atoms with Crippen LogP contribution in [0.25, 0.3) is 0 Å². The van der Waals surface area contributed by atoms with E-state index in [1.165, 1.54) is 6.21 Å². The van der Waals surface area contributed by atoms with Gasteiger partial charge in [0.1, 0.15) is 16.0 Å². The van der Waals surface area contributed by atoms with Gasteiger partial charge in [0.15, 0.2) is 0 Å². The Morgan fingerprint density at radius 3 is 2.44 bits per heavy atom. The van der Waals surface area contributed by atoms with Crippen LogP contribution in [0, 0.1) is 17.3 Å². The summed E-state index contributed by atoms with van der Waals surface area (Å²) in [6, 6.07) is 3.54. The number of carbonyl (C=O) groups is 1. The van der Waals surface area contributed by atoms with Crippen LogP contribution in [0.1, 0.15) is 19.4 Å². The lowest BCUT2D eigenvalue weighted by atomic mass is 10.1. The van der Waals surface area contributed by atoms with Crippen molar-refractivity contribution in [2.24, 2.45) is 22.4 Å². The molecule has 5 nitrogen and oxygen atoms in total. The van der Waals surface area contributed by atoms with Gasteiger partial charge in [-0.05, 0) is 45.5 Å². The minimum atomic E-state index is -0.229. The quantitative estimate of drug-likeness (QED) is 0.513. The summed E-state index contributed by atoms with van der Waals surface area (Å²) in [6.07, 6.45) is 3.21. The summed E-state index contributed by atoms with van der Waals surface area (Å²) in [6.45, 7) is 3.97. The van der Waals surface area contributed by atoms with Crippen molar-refractivity contribution in [2.45, 2.75) is 13.8 Å². The summed E-state index contributed by atoms with van der Waals surface area (Å²) in [4.78, 5) is 12.4. The highest BCUT2D eigenvalue weighted by Crippen LogP contribution is 2.59. The van der Waals surface area contributed by atoms with Gasteiger partial charge in [0.25, 0.3) is 0 Å². The number of hydrazone groups is 1. The van der Waals surface area contributed by atoms with Crippen LogP contribution in [-0.4, -0.2) is 26.3 Å². The van der Waals surface area contributed by atoms with Crippen LogP contribution >= 0.6 is 39.1 Å². The molecule has 0 aliphatic heterocycles. The molecule has 1 fully saturated rings. The second-order valence-corrected chi connectivity index (χ2v) is 8.01. The largest absolute Gasteiger partial charge is 0.496 e. The fourth-order valence-electron chi connectivity index (χ4n) is 2.87. The fraction of sp³-hybridized carbons (Fsp3) is 0.412. The second kappa shape index (κ2) is 7.98. The highest BCUT2D eigenvalue weighted by Gasteiger charge is 2.60. The normalized spacial score (nSPS) is 20.9. The van der Waals surface area contributed by atoms with Crippen LogP contribution < -0.4 is 14.9 Å². The molecule has 2 atom stereocenters. The van der Waals surface area contributed by atoms with Gasteiger partial charge in [-0.2, -0.15) is 5.10 Å². The molecule has 25 heavy (non-hydrogen) atoms. The Kier molecular flexibility index (Phi) is 6.40. The molecule has 1 N–H and O–H groups in total. The average molecular weight is 450 g/mol. The first-order chi connectivity index (χ1) is 11.7. The first-order valence-electron chi connectivity index (χ1n) is 7.50. The second-order valence-electron chi connectivity index (χ2n) is 6.21. The van der Waals surface area contributed by atoms with E-state index in [1.807, 2.05) is 13.8 Å². The lowest BCUT2D eigenvalue weighted by Gasteiger charge is -2.10. The fourth-order valence-corrected chi connectivity index (χ4v) is 3.73. The number of rotatable bonds is 6. The molecule has 0 spiro atoms. The van der Waals surface area contributed by atoms with Crippen molar-refractivity contribution < 1.29 is 14.3 Å². The van der Waals surface area contributed by atoms with E-state index >= 15 is 0 Å². The third-order valence-electron chi connectivity index (χ3n) is 4.41. The Balaban J connectivity index is 2.12. The number of nitrogens with zero attached hydrogens (tertiary/aromatic N) is 1. The zero-order valence-electron chi connectivity index (χ0n) is 14.3. The topological polar surface area (TPSA) is 59.9 Å². The summed E-state index contributed by atoms with van der Waals surface area (Å²) in [5, 5.41) is 4.05. The standard InChI is InChI=1S/C17H19BrCl2N2O3/c1-17(2)10(7-13(19)20)14(17)16(23)22-21-8-9-11(24-3)5-6-12(25-4)15(9)18/h5-8,10,14H,1-4H3,(H,22,23)/b21-8-/t10-,14-/m0/s1. The van der Waals surface area contributed by atoms with E-state index in [1.54, 1.807) is 32.4 Å². The summed E-state index contributed by atoms with van der Waals surface area (Å²) < 4.78 is 11.4. The van der Waals surface area contributed by atoms with Crippen molar-refractivity contribution in [3.63, 3.8) is 0 Å². The number of benzene rings is 1. The Morgan fingerprint density at radius 2 is 1.88 bits per heavy atom. The SMILES string of the molecule is COc1ccc(OC)c(/C=N\NC(=O)[C@@H]2[C@H](C=C(Cl)Cl)C2(C)C)c1Br. The molecule has 1 aromatic carbocycles. The van der Waals surface area contributed by atoms with Crippen LogP contribution in [0.3, 0.4) is 0 Å². The van der Waals surface area contributed by atoms with Crippen molar-refractivity contribution in [2.75, 3.05) is 14.2 Å². The number of halogens is 3. The van der Waals surface area contributed by atoms with E-state index in [4.69, 9.17) is 32.7 Å². The summed E-state index contributed by atoms with van der Waals surface area (Å²) in [7, 11) is 3.13. The van der Waals surface area contributed by atoms with Crippen LogP contribution in [0.4, 0.5) is 0 Å². The van der Waals surface area contributed by atoms with Crippen molar-refractivity contribution in [3.05, 3.63) is 32.7 Å². The predicted octanol–water partition coefficient (Wildman–Crippen LogP) is 4.51. The number of hydrogen-bond acceptors (Lipinski definition) is 4. The van der Waals surface area contributed by atoms with Crippen molar-refractivity contribution in [3.8, 4) is 11.5 Å². The van der Waals surface area contributed by atoms with Gasteiger partial charge in [0.05, 0.1) is 36.4 Å². The zero-order chi connectivity index (χ0) is 18.8.